The summed E-state index contributed by atoms with van der Waals surface area (Å²) in [5.41, 5.74) is 8.77. The van der Waals surface area contributed by atoms with E-state index in [1.165, 1.54) is 0 Å². The quantitative estimate of drug-likeness (QED) is 0.565. The number of ether oxygens (including phenoxy) is 1. The van der Waals surface area contributed by atoms with Crippen molar-refractivity contribution in [2.45, 2.75) is 0 Å². The summed E-state index contributed by atoms with van der Waals surface area (Å²) < 4.78 is 7.56. The number of nitrogens with zero attached hydrogens (tertiary/aromatic N) is 1. The zero-order chi connectivity index (χ0) is 17.4. The van der Waals surface area contributed by atoms with E-state index in [2.05, 4.69) is 17.1 Å². The number of H-pyrrole nitrogens is 1. The maximum absolute atomic E-state index is 12.3. The van der Waals surface area contributed by atoms with E-state index in [0.717, 1.165) is 16.5 Å². The van der Waals surface area contributed by atoms with Crippen LogP contribution in [0.15, 0.2) is 59.7 Å². The number of aryl methyl sites for hydroxylation is 1. The Morgan fingerprint density at radius 3 is 2.84 bits per heavy atom. The molecule has 0 atom stereocenters. The van der Waals surface area contributed by atoms with Gasteiger partial charge in [-0.15, -0.1) is 0 Å². The largest absolute Gasteiger partial charge is 0.456 e. The summed E-state index contributed by atoms with van der Waals surface area (Å²) >= 11 is 0. The van der Waals surface area contributed by atoms with Gasteiger partial charge in [0.25, 0.3) is 5.56 Å². The number of aromatic amines is 1. The Hall–Kier alpha value is -3.65. The van der Waals surface area contributed by atoms with E-state index in [0.29, 0.717) is 22.7 Å². The molecule has 2 aromatic carbocycles. The van der Waals surface area contributed by atoms with Crippen molar-refractivity contribution in [2.24, 2.45) is 7.05 Å². The number of hydrogen-bond acceptors (Lipinski definition) is 3. The number of nitrogens with two attached hydrogens (primary N) is 1. The van der Waals surface area contributed by atoms with Crippen molar-refractivity contribution in [3.8, 4) is 22.6 Å². The Morgan fingerprint density at radius 2 is 2.04 bits per heavy atom. The summed E-state index contributed by atoms with van der Waals surface area (Å²) in [6.45, 7) is 0. The highest BCUT2D eigenvalue weighted by Crippen LogP contribution is 2.37. The first-order valence-corrected chi connectivity index (χ1v) is 7.76. The number of nitrogen functional groups attached to an aromatic ring is 1. The lowest BCUT2D eigenvalue weighted by atomic mass is 10.0. The van der Waals surface area contributed by atoms with Crippen LogP contribution in [-0.2, 0) is 7.05 Å². The molecule has 5 heteroatoms. The fraction of sp³-hybridized carbons (Fsp3) is 0.0500. The molecule has 122 valence electrons. The third-order valence-corrected chi connectivity index (χ3v) is 4.04. The highest BCUT2D eigenvalue weighted by atomic mass is 16.5. The van der Waals surface area contributed by atoms with E-state index in [1.807, 2.05) is 24.3 Å². The number of rotatable bonds is 3. The van der Waals surface area contributed by atoms with Crippen LogP contribution in [0.4, 0.5) is 5.69 Å². The lowest BCUT2D eigenvalue weighted by Crippen LogP contribution is -2.16. The minimum atomic E-state index is -0.0803. The monoisotopic (exact) mass is 329 g/mol. The molecule has 25 heavy (non-hydrogen) atoms. The van der Waals surface area contributed by atoms with Crippen LogP contribution < -0.4 is 16.0 Å². The van der Waals surface area contributed by atoms with Crippen LogP contribution in [0.5, 0.6) is 11.5 Å². The SMILES string of the molecule is Cn1cc(-c2cc(N)ccc2Oc2cc#ccc2)c2cc[nH]c2c1=O. The summed E-state index contributed by atoms with van der Waals surface area (Å²) in [6.07, 6.45) is 3.55. The van der Waals surface area contributed by atoms with Crippen LogP contribution in [0.2, 0.25) is 0 Å². The molecule has 5 nitrogen and oxygen atoms in total. The lowest BCUT2D eigenvalue weighted by molar-refractivity contribution is 0.484. The molecule has 0 aliphatic heterocycles. The Labute approximate surface area is 144 Å². The lowest BCUT2D eigenvalue weighted by Gasteiger charge is -2.13. The number of benzene rings is 1. The smallest absolute Gasteiger partial charge is 0.274 e. The van der Waals surface area contributed by atoms with E-state index in [-0.39, 0.29) is 5.56 Å². The van der Waals surface area contributed by atoms with Gasteiger partial charge in [-0.2, -0.15) is 0 Å². The van der Waals surface area contributed by atoms with Crippen LogP contribution in [-0.4, -0.2) is 9.55 Å². The molecule has 2 heterocycles. The van der Waals surface area contributed by atoms with Crippen LogP contribution in [0.3, 0.4) is 0 Å². The Morgan fingerprint density at radius 1 is 1.16 bits per heavy atom. The van der Waals surface area contributed by atoms with Gasteiger partial charge in [0.05, 0.1) is 0 Å². The molecule has 0 saturated heterocycles. The molecule has 0 saturated carbocycles. The second kappa shape index (κ2) is 5.77. The van der Waals surface area contributed by atoms with Crippen LogP contribution in [0.1, 0.15) is 0 Å². The molecule has 0 fully saturated rings. The third-order valence-electron chi connectivity index (χ3n) is 4.04. The predicted octanol–water partition coefficient (Wildman–Crippen LogP) is 3.51. The average molecular weight is 329 g/mol. The molecule has 3 N–H and O–H groups in total. The number of nitrogens with one attached hydrogen (secondary N) is 1. The molecule has 0 spiro atoms. The summed E-state index contributed by atoms with van der Waals surface area (Å²) in [5.74, 6) is 1.30. The van der Waals surface area contributed by atoms with E-state index in [4.69, 9.17) is 10.5 Å². The van der Waals surface area contributed by atoms with Crippen molar-refractivity contribution in [2.75, 3.05) is 5.73 Å². The van der Waals surface area contributed by atoms with E-state index >= 15 is 0 Å². The predicted molar refractivity (Wildman–Crippen MR) is 97.6 cm³/mol. The van der Waals surface area contributed by atoms with Crippen LogP contribution in [0.25, 0.3) is 22.0 Å². The Kier molecular flexibility index (Phi) is 3.44. The van der Waals surface area contributed by atoms with Gasteiger partial charge in [-0.05, 0) is 36.4 Å². The van der Waals surface area contributed by atoms with Crippen LogP contribution in [0, 0.1) is 12.1 Å². The minimum absolute atomic E-state index is 0.0803. The summed E-state index contributed by atoms with van der Waals surface area (Å²) in [4.78, 5) is 15.3. The molecule has 0 unspecified atom stereocenters. The van der Waals surface area contributed by atoms with E-state index in [9.17, 15) is 4.79 Å². The summed E-state index contributed by atoms with van der Waals surface area (Å²) in [5, 5.41) is 0.825. The molecule has 0 bridgehead atoms. The second-order valence-corrected chi connectivity index (χ2v) is 5.75. The normalized spacial score (nSPS) is 10.6. The maximum atomic E-state index is 12.3. The number of pyridine rings is 1. The Balaban J connectivity index is 1.94. The fourth-order valence-electron chi connectivity index (χ4n) is 2.85. The van der Waals surface area contributed by atoms with Crippen molar-refractivity contribution < 1.29 is 4.74 Å². The van der Waals surface area contributed by atoms with Gasteiger partial charge in [0.15, 0.2) is 0 Å². The molecule has 0 amide bonds. The molecule has 2 aromatic heterocycles. The van der Waals surface area contributed by atoms with Gasteiger partial charge in [0.1, 0.15) is 17.0 Å². The average Bonchev–Trinajstić information content (AvgIpc) is 3.11. The van der Waals surface area contributed by atoms with Gasteiger partial charge in [-0.1, -0.05) is 12.1 Å². The van der Waals surface area contributed by atoms with Crippen molar-refractivity contribution in [1.82, 2.24) is 9.55 Å². The van der Waals surface area contributed by atoms with E-state index < -0.39 is 0 Å². The van der Waals surface area contributed by atoms with Crippen molar-refractivity contribution in [3.05, 3.63) is 77.3 Å². The number of anilines is 1. The van der Waals surface area contributed by atoms with Crippen molar-refractivity contribution in [3.63, 3.8) is 0 Å². The van der Waals surface area contributed by atoms with E-state index in [1.54, 1.807) is 42.2 Å². The van der Waals surface area contributed by atoms with Gasteiger partial charge in [0, 0.05) is 47.7 Å². The molecule has 4 aromatic rings. The summed E-state index contributed by atoms with van der Waals surface area (Å²) in [7, 11) is 1.72. The van der Waals surface area contributed by atoms with Gasteiger partial charge >= 0.3 is 0 Å². The number of aromatic nitrogens is 2. The number of fused-ring (bicyclic) bond motifs is 1. The molecule has 0 aliphatic rings. The third kappa shape index (κ3) is 2.60. The molecule has 4 rings (SSSR count). The van der Waals surface area contributed by atoms with Crippen molar-refractivity contribution in [1.29, 1.82) is 0 Å². The minimum Gasteiger partial charge on any atom is -0.456 e. The first kappa shape index (κ1) is 14.9. The molecule has 0 radical (unpaired) electrons. The summed E-state index contributed by atoms with van der Waals surface area (Å²) in [6, 6.07) is 18.3. The zero-order valence-corrected chi connectivity index (χ0v) is 13.5. The van der Waals surface area contributed by atoms with Crippen LogP contribution >= 0.6 is 0 Å². The number of hydrogen-bond donors (Lipinski definition) is 2. The second-order valence-electron chi connectivity index (χ2n) is 5.75. The van der Waals surface area contributed by atoms with Gasteiger partial charge in [-0.25, -0.2) is 0 Å². The topological polar surface area (TPSA) is 73.0 Å². The molecule has 0 aliphatic carbocycles. The van der Waals surface area contributed by atoms with Crippen molar-refractivity contribution >= 4 is 16.6 Å². The molecular weight excluding hydrogens is 314 g/mol. The molecular formula is C20H15N3O2. The highest BCUT2D eigenvalue weighted by molar-refractivity contribution is 5.96. The highest BCUT2D eigenvalue weighted by Gasteiger charge is 2.15. The first-order valence-electron chi connectivity index (χ1n) is 7.76. The first-order chi connectivity index (χ1) is 12.1. The maximum Gasteiger partial charge on any atom is 0.274 e. The Bertz CT molecular complexity index is 1110. The zero-order valence-electron chi connectivity index (χ0n) is 13.5. The van der Waals surface area contributed by atoms with Gasteiger partial charge in [-0.3, -0.25) is 4.79 Å². The van der Waals surface area contributed by atoms with Gasteiger partial charge < -0.3 is 20.0 Å². The van der Waals surface area contributed by atoms with Gasteiger partial charge in [0.2, 0.25) is 0 Å². The fourth-order valence-corrected chi connectivity index (χ4v) is 2.85. The standard InChI is InChI=1S/C20H15N3O2/c1-23-12-17(15-9-10-22-19(15)20(23)24)16-11-13(21)7-8-18(16)25-14-5-3-2-4-6-14/h3,5-12,22H,21H2,1H3.